The third-order valence-corrected chi connectivity index (χ3v) is 9.22. The number of hydrogen-bond donors (Lipinski definition) is 1. The van der Waals surface area contributed by atoms with Crippen molar-refractivity contribution < 1.29 is 0 Å². The third-order valence-electron chi connectivity index (χ3n) is 8.49. The van der Waals surface area contributed by atoms with Crippen LogP contribution in [-0.2, 0) is 13.0 Å². The van der Waals surface area contributed by atoms with E-state index in [0.717, 1.165) is 83.1 Å². The van der Waals surface area contributed by atoms with Crippen LogP contribution < -0.4 is 10.2 Å². The highest BCUT2D eigenvalue weighted by Gasteiger charge is 2.42. The molecule has 0 aliphatic carbocycles. The van der Waals surface area contributed by atoms with Crippen LogP contribution in [0.25, 0.3) is 0 Å². The van der Waals surface area contributed by atoms with Gasteiger partial charge in [-0.3, -0.25) is 9.89 Å². The number of amidine groups is 1. The number of anilines is 2. The number of benzene rings is 2. The van der Waals surface area contributed by atoms with E-state index in [1.54, 1.807) is 0 Å². The van der Waals surface area contributed by atoms with Gasteiger partial charge in [-0.25, -0.2) is 0 Å². The molecule has 0 atom stereocenters. The summed E-state index contributed by atoms with van der Waals surface area (Å²) in [6.45, 7) is 9.58. The van der Waals surface area contributed by atoms with E-state index in [9.17, 15) is 0 Å². The number of hydrogen-bond acceptors (Lipinski definition) is 5. The van der Waals surface area contributed by atoms with Crippen molar-refractivity contribution in [3.8, 4) is 0 Å². The highest BCUT2D eigenvalue weighted by molar-refractivity contribution is 6.42. The maximum atomic E-state index is 6.38. The molecule has 2 fully saturated rings. The van der Waals surface area contributed by atoms with E-state index in [1.165, 1.54) is 16.8 Å². The Labute approximate surface area is 232 Å². The lowest BCUT2D eigenvalue weighted by molar-refractivity contribution is 0.157. The Balaban J connectivity index is 1.30. The number of halogens is 2. The maximum absolute atomic E-state index is 6.38. The molecule has 2 saturated heterocycles. The molecule has 1 N–H and O–H groups in total. The van der Waals surface area contributed by atoms with Gasteiger partial charge in [0.25, 0.3) is 0 Å². The first-order valence-corrected chi connectivity index (χ1v) is 14.3. The maximum Gasteiger partial charge on any atom is 0.108 e. The van der Waals surface area contributed by atoms with E-state index in [0.29, 0.717) is 16.6 Å². The Morgan fingerprint density at radius 1 is 0.946 bits per heavy atom. The van der Waals surface area contributed by atoms with Crippen LogP contribution in [-0.4, -0.2) is 94.0 Å². The summed E-state index contributed by atoms with van der Waals surface area (Å²) in [5.74, 6) is 1.10. The molecular formula is C29H40Cl2N6. The smallest absolute Gasteiger partial charge is 0.108 e. The van der Waals surface area contributed by atoms with Gasteiger partial charge in [0.1, 0.15) is 5.84 Å². The summed E-state index contributed by atoms with van der Waals surface area (Å²) in [6.07, 6.45) is 3.13. The Bertz CT molecular complexity index is 1120. The van der Waals surface area contributed by atoms with Gasteiger partial charge >= 0.3 is 0 Å². The summed E-state index contributed by atoms with van der Waals surface area (Å²) < 4.78 is 0. The highest BCUT2D eigenvalue weighted by Crippen LogP contribution is 2.44. The van der Waals surface area contributed by atoms with Gasteiger partial charge in [0.15, 0.2) is 0 Å². The van der Waals surface area contributed by atoms with E-state index < -0.39 is 0 Å². The van der Waals surface area contributed by atoms with Crippen LogP contribution in [0.4, 0.5) is 11.4 Å². The van der Waals surface area contributed by atoms with Gasteiger partial charge in [-0.2, -0.15) is 0 Å². The van der Waals surface area contributed by atoms with Gasteiger partial charge in [0.05, 0.1) is 16.6 Å². The number of piperidine rings is 1. The van der Waals surface area contributed by atoms with Crippen LogP contribution >= 0.6 is 23.2 Å². The fourth-order valence-electron chi connectivity index (χ4n) is 5.78. The average Bonchev–Trinajstić information content (AvgIpc) is 2.90. The number of rotatable bonds is 6. The van der Waals surface area contributed by atoms with Gasteiger partial charge in [0.2, 0.25) is 0 Å². The molecule has 0 saturated carbocycles. The lowest BCUT2D eigenvalue weighted by atomic mass is 9.70. The molecular weight excluding hydrogens is 503 g/mol. The van der Waals surface area contributed by atoms with Crippen LogP contribution in [0.1, 0.15) is 24.0 Å². The van der Waals surface area contributed by atoms with Crippen LogP contribution in [0.3, 0.4) is 0 Å². The Kier molecular flexibility index (Phi) is 8.32. The molecule has 8 heteroatoms. The largest absolute Gasteiger partial charge is 0.373 e. The fraction of sp³-hybridized carbons (Fsp3) is 0.552. The second-order valence-corrected chi connectivity index (χ2v) is 12.0. The topological polar surface area (TPSA) is 37.4 Å². The summed E-state index contributed by atoms with van der Waals surface area (Å²) in [5, 5.41) is 4.88. The van der Waals surface area contributed by atoms with Gasteiger partial charge < -0.3 is 20.0 Å². The monoisotopic (exact) mass is 542 g/mol. The number of fused-ring (bicyclic) bond motifs is 1. The summed E-state index contributed by atoms with van der Waals surface area (Å²) >= 11 is 12.7. The molecule has 5 rings (SSSR count). The quantitative estimate of drug-likeness (QED) is 0.558. The predicted octanol–water partition coefficient (Wildman–Crippen LogP) is 4.96. The molecule has 2 aromatic rings. The Hall–Kier alpha value is -1.83. The molecule has 6 nitrogen and oxygen atoms in total. The first-order chi connectivity index (χ1) is 17.8. The number of nitrogens with zero attached hydrogens (tertiary/aromatic N) is 5. The van der Waals surface area contributed by atoms with E-state index in [-0.39, 0.29) is 5.41 Å². The van der Waals surface area contributed by atoms with Crippen molar-refractivity contribution in [1.29, 1.82) is 0 Å². The molecule has 1 spiro atoms. The van der Waals surface area contributed by atoms with Crippen molar-refractivity contribution in [2.75, 3.05) is 83.7 Å². The number of nitrogens with one attached hydrogen (secondary N) is 1. The summed E-state index contributed by atoms with van der Waals surface area (Å²) in [5.41, 5.74) is 4.79. The van der Waals surface area contributed by atoms with Crippen molar-refractivity contribution in [2.45, 2.75) is 25.8 Å². The van der Waals surface area contributed by atoms with E-state index >= 15 is 0 Å². The molecule has 3 aliphatic rings. The van der Waals surface area contributed by atoms with E-state index in [4.69, 9.17) is 28.2 Å². The molecule has 0 radical (unpaired) electrons. The summed E-state index contributed by atoms with van der Waals surface area (Å²) in [6, 6.07) is 12.8. The van der Waals surface area contributed by atoms with Crippen molar-refractivity contribution >= 4 is 40.4 Å². The molecule has 2 aromatic carbocycles. The second kappa shape index (κ2) is 11.5. The van der Waals surface area contributed by atoms with Crippen molar-refractivity contribution in [1.82, 2.24) is 14.7 Å². The van der Waals surface area contributed by atoms with Crippen molar-refractivity contribution in [3.05, 3.63) is 57.6 Å². The molecule has 0 bridgehead atoms. The van der Waals surface area contributed by atoms with E-state index in [2.05, 4.69) is 70.3 Å². The Morgan fingerprint density at radius 2 is 1.65 bits per heavy atom. The number of piperazine rings is 1. The summed E-state index contributed by atoms with van der Waals surface area (Å²) in [4.78, 5) is 15.0. The van der Waals surface area contributed by atoms with Crippen LogP contribution in [0, 0.1) is 5.41 Å². The van der Waals surface area contributed by atoms with Gasteiger partial charge in [0, 0.05) is 63.1 Å². The average molecular weight is 544 g/mol. The third kappa shape index (κ3) is 6.26. The first-order valence-electron chi connectivity index (χ1n) is 13.5. The molecule has 200 valence electrons. The molecule has 0 aromatic heterocycles. The number of aliphatic imine (C=N–C) groups is 1. The lowest BCUT2D eigenvalue weighted by Gasteiger charge is -2.45. The van der Waals surface area contributed by atoms with Crippen LogP contribution in [0.15, 0.2) is 41.4 Å². The molecule has 0 unspecified atom stereocenters. The number of likely N-dealkylation sites (tertiary alicyclic amines) is 1. The van der Waals surface area contributed by atoms with Gasteiger partial charge in [-0.1, -0.05) is 35.3 Å². The summed E-state index contributed by atoms with van der Waals surface area (Å²) in [7, 11) is 6.61. The van der Waals surface area contributed by atoms with Crippen molar-refractivity contribution in [2.24, 2.45) is 10.4 Å². The predicted molar refractivity (Wildman–Crippen MR) is 158 cm³/mol. The minimum atomic E-state index is 0.0214. The molecule has 0 amide bonds. The minimum absolute atomic E-state index is 0.0214. The standard InChI is InChI=1S/C29H40Cl2N6/c1-34-9-7-29(8-10-34)20-23-18-25(30)26(31)19-27(23)33-28(29)32-21-22-5-4-6-24(17-22)36(3)13-16-37-14-11-35(2)12-15-37/h4-6,17-19H,7-16,20-21H2,1-3H3,(H,32,33). The SMILES string of the molecule is CN1CCN(CCN(C)c2cccc(CN=C3Nc4cc(Cl)c(Cl)cc4CC34CCN(C)CC4)c2)CC1. The Morgan fingerprint density at radius 3 is 2.41 bits per heavy atom. The lowest BCUT2D eigenvalue weighted by Crippen LogP contribution is -2.49. The zero-order valence-corrected chi connectivity index (χ0v) is 24.0. The zero-order chi connectivity index (χ0) is 26.0. The minimum Gasteiger partial charge on any atom is -0.373 e. The normalized spacial score (nSPS) is 21.7. The second-order valence-electron chi connectivity index (χ2n) is 11.2. The molecule has 3 heterocycles. The molecule has 3 aliphatic heterocycles. The first kappa shape index (κ1) is 26.8. The van der Waals surface area contributed by atoms with Gasteiger partial charge in [-0.05, 0) is 81.8 Å². The van der Waals surface area contributed by atoms with Crippen LogP contribution in [0.5, 0.6) is 0 Å². The fourth-order valence-corrected chi connectivity index (χ4v) is 6.13. The molecule has 37 heavy (non-hydrogen) atoms. The van der Waals surface area contributed by atoms with Crippen LogP contribution in [0.2, 0.25) is 10.0 Å². The zero-order valence-electron chi connectivity index (χ0n) is 22.4. The number of likely N-dealkylation sites (N-methyl/N-ethyl adjacent to an activating group) is 2. The highest BCUT2D eigenvalue weighted by atomic mass is 35.5. The van der Waals surface area contributed by atoms with Gasteiger partial charge in [-0.15, -0.1) is 0 Å². The van der Waals surface area contributed by atoms with E-state index in [1.807, 2.05) is 12.1 Å². The van der Waals surface area contributed by atoms with Crippen molar-refractivity contribution in [3.63, 3.8) is 0 Å².